The molecule has 11 heteroatoms. The number of nitrogens with one attached hydrogen (secondary N) is 2. The van der Waals surface area contributed by atoms with Gasteiger partial charge in [-0.25, -0.2) is 4.79 Å². The Kier molecular flexibility index (Phi) is 17.4. The number of nitrogens with two attached hydrogens (primary N) is 2. The summed E-state index contributed by atoms with van der Waals surface area (Å²) in [5.41, 5.74) is 10.5. The van der Waals surface area contributed by atoms with Gasteiger partial charge in [-0.2, -0.15) is 0 Å². The molecular formula is C26H52N6O5. The number of hydrogen-bond acceptors (Lipinski definition) is 7. The third kappa shape index (κ3) is 16.0. The standard InChI is InChI=1S/C26H52N6O5/c1-7-26(28,8-2)22(34)31-21(15-14-16-30-23(27)29-6)19-32(24(35)37-25(3,4)5)17-12-10-9-11-13-18-36-20-33/h20-21H,7-19,28H2,1-6H3,(H,31,34)(H3,27,29,30)/t21-/m0/s1. The van der Waals surface area contributed by atoms with E-state index < -0.39 is 17.2 Å². The van der Waals surface area contributed by atoms with Crippen molar-refractivity contribution in [3.05, 3.63) is 0 Å². The highest BCUT2D eigenvalue weighted by Crippen LogP contribution is 2.15. The molecule has 216 valence electrons. The molecule has 0 aromatic heterocycles. The summed E-state index contributed by atoms with van der Waals surface area (Å²) >= 11 is 0. The van der Waals surface area contributed by atoms with E-state index in [0.29, 0.717) is 64.4 Å². The molecule has 0 aliphatic rings. The normalized spacial score (nSPS) is 13.0. The lowest BCUT2D eigenvalue weighted by Crippen LogP contribution is -2.57. The smallest absolute Gasteiger partial charge is 0.410 e. The molecule has 0 aromatic carbocycles. The number of carbonyl (C=O) groups is 3. The Balaban J connectivity index is 5.34. The number of nitrogens with zero attached hydrogens (tertiary/aromatic N) is 2. The Labute approximate surface area is 223 Å². The minimum atomic E-state index is -0.958. The van der Waals surface area contributed by atoms with Crippen molar-refractivity contribution in [3.8, 4) is 0 Å². The number of amides is 2. The van der Waals surface area contributed by atoms with E-state index in [2.05, 4.69) is 15.6 Å². The third-order valence-electron chi connectivity index (χ3n) is 6.18. The van der Waals surface area contributed by atoms with Gasteiger partial charge in [-0.05, 0) is 59.3 Å². The number of guanidine groups is 1. The maximum atomic E-state index is 13.1. The number of rotatable bonds is 19. The first-order valence-electron chi connectivity index (χ1n) is 13.5. The zero-order valence-electron chi connectivity index (χ0n) is 23.9. The molecule has 6 N–H and O–H groups in total. The van der Waals surface area contributed by atoms with Gasteiger partial charge in [-0.3, -0.25) is 14.6 Å². The van der Waals surface area contributed by atoms with Gasteiger partial charge in [0.25, 0.3) is 6.47 Å². The second kappa shape index (κ2) is 18.6. The van der Waals surface area contributed by atoms with Crippen molar-refractivity contribution in [2.45, 2.75) is 110 Å². The van der Waals surface area contributed by atoms with Crippen LogP contribution in [0.3, 0.4) is 0 Å². The molecule has 0 saturated heterocycles. The van der Waals surface area contributed by atoms with E-state index in [4.69, 9.17) is 20.9 Å². The van der Waals surface area contributed by atoms with Crippen LogP contribution in [-0.2, 0) is 19.1 Å². The van der Waals surface area contributed by atoms with Crippen LogP contribution in [0.1, 0.15) is 92.4 Å². The first kappa shape index (κ1) is 34.4. The molecule has 0 rings (SSSR count). The Morgan fingerprint density at radius 2 is 1.68 bits per heavy atom. The van der Waals surface area contributed by atoms with Crippen molar-refractivity contribution in [1.82, 2.24) is 15.5 Å². The van der Waals surface area contributed by atoms with Crippen molar-refractivity contribution >= 4 is 24.4 Å². The summed E-state index contributed by atoms with van der Waals surface area (Å²) < 4.78 is 10.4. The summed E-state index contributed by atoms with van der Waals surface area (Å²) in [7, 11) is 1.61. The van der Waals surface area contributed by atoms with E-state index in [-0.39, 0.29) is 11.9 Å². The average molecular weight is 529 g/mol. The van der Waals surface area contributed by atoms with E-state index in [1.165, 1.54) is 0 Å². The molecule has 0 spiro atoms. The van der Waals surface area contributed by atoms with Crippen molar-refractivity contribution in [1.29, 1.82) is 0 Å². The number of hydrogen-bond donors (Lipinski definition) is 4. The van der Waals surface area contributed by atoms with Gasteiger partial charge in [0.15, 0.2) is 5.96 Å². The molecule has 0 fully saturated rings. The molecule has 0 radical (unpaired) electrons. The Bertz CT molecular complexity index is 691. The predicted molar refractivity (Wildman–Crippen MR) is 147 cm³/mol. The molecule has 0 unspecified atom stereocenters. The van der Waals surface area contributed by atoms with Crippen LogP contribution in [0.2, 0.25) is 0 Å². The molecule has 0 heterocycles. The van der Waals surface area contributed by atoms with Gasteiger partial charge in [0, 0.05) is 32.7 Å². The Morgan fingerprint density at radius 1 is 1.05 bits per heavy atom. The SMILES string of the molecule is CCC(N)(CC)C(=O)N[C@@H](CCCNC(N)=NC)CN(CCCCCCCOC=O)C(=O)OC(C)(C)C. The van der Waals surface area contributed by atoms with Gasteiger partial charge in [0.2, 0.25) is 5.91 Å². The number of carbonyl (C=O) groups excluding carboxylic acids is 3. The van der Waals surface area contributed by atoms with Gasteiger partial charge in [-0.1, -0.05) is 33.1 Å². The zero-order valence-corrected chi connectivity index (χ0v) is 23.9. The molecular weight excluding hydrogens is 476 g/mol. The summed E-state index contributed by atoms with van der Waals surface area (Å²) in [5.74, 6) is 0.137. The average Bonchev–Trinajstić information content (AvgIpc) is 2.85. The highest BCUT2D eigenvalue weighted by atomic mass is 16.6. The van der Waals surface area contributed by atoms with E-state index in [1.807, 2.05) is 34.6 Å². The second-order valence-electron chi connectivity index (χ2n) is 10.4. The topological polar surface area (TPSA) is 161 Å². The highest BCUT2D eigenvalue weighted by molar-refractivity contribution is 5.86. The first-order chi connectivity index (χ1) is 17.4. The lowest BCUT2D eigenvalue weighted by Gasteiger charge is -2.33. The van der Waals surface area contributed by atoms with E-state index in [1.54, 1.807) is 11.9 Å². The number of ether oxygens (including phenoxy) is 2. The van der Waals surface area contributed by atoms with E-state index in [0.717, 1.165) is 32.1 Å². The Hall–Kier alpha value is -2.56. The number of unbranched alkanes of at least 4 members (excludes halogenated alkanes) is 4. The fourth-order valence-corrected chi connectivity index (χ4v) is 3.67. The largest absolute Gasteiger partial charge is 0.468 e. The van der Waals surface area contributed by atoms with Crippen molar-refractivity contribution < 1.29 is 23.9 Å². The van der Waals surface area contributed by atoms with Gasteiger partial charge in [-0.15, -0.1) is 0 Å². The zero-order chi connectivity index (χ0) is 28.3. The monoisotopic (exact) mass is 528 g/mol. The summed E-state index contributed by atoms with van der Waals surface area (Å²) in [6, 6.07) is -0.303. The van der Waals surface area contributed by atoms with Crippen LogP contribution < -0.4 is 22.1 Å². The lowest BCUT2D eigenvalue weighted by atomic mass is 9.92. The molecule has 0 aromatic rings. The highest BCUT2D eigenvalue weighted by Gasteiger charge is 2.32. The fraction of sp³-hybridized carbons (Fsp3) is 0.846. The summed E-state index contributed by atoms with van der Waals surface area (Å²) in [6.07, 6.45) is 6.41. The summed E-state index contributed by atoms with van der Waals surface area (Å²) in [5, 5.41) is 6.12. The minimum absolute atomic E-state index is 0.216. The molecule has 11 nitrogen and oxygen atoms in total. The summed E-state index contributed by atoms with van der Waals surface area (Å²) in [6.45, 7) is 11.6. The second-order valence-corrected chi connectivity index (χ2v) is 10.4. The quantitative estimate of drug-likeness (QED) is 0.0861. The van der Waals surface area contributed by atoms with Crippen LogP contribution in [0, 0.1) is 0 Å². The van der Waals surface area contributed by atoms with Crippen LogP contribution in [0.5, 0.6) is 0 Å². The van der Waals surface area contributed by atoms with Crippen molar-refractivity contribution in [2.75, 3.05) is 33.3 Å². The first-order valence-corrected chi connectivity index (χ1v) is 13.5. The van der Waals surface area contributed by atoms with Crippen LogP contribution >= 0.6 is 0 Å². The van der Waals surface area contributed by atoms with Gasteiger partial charge in [0.1, 0.15) is 5.60 Å². The maximum absolute atomic E-state index is 13.1. The maximum Gasteiger partial charge on any atom is 0.410 e. The van der Waals surface area contributed by atoms with E-state index >= 15 is 0 Å². The van der Waals surface area contributed by atoms with Gasteiger partial charge < -0.3 is 36.5 Å². The molecule has 0 bridgehead atoms. The van der Waals surface area contributed by atoms with Crippen LogP contribution in [0.15, 0.2) is 4.99 Å². The van der Waals surface area contributed by atoms with Gasteiger partial charge in [0.05, 0.1) is 12.1 Å². The fourth-order valence-electron chi connectivity index (χ4n) is 3.67. The summed E-state index contributed by atoms with van der Waals surface area (Å²) in [4.78, 5) is 41.9. The Morgan fingerprint density at radius 3 is 2.24 bits per heavy atom. The molecule has 0 saturated carbocycles. The third-order valence-corrected chi connectivity index (χ3v) is 6.18. The van der Waals surface area contributed by atoms with Crippen LogP contribution in [0.4, 0.5) is 4.79 Å². The van der Waals surface area contributed by atoms with Crippen molar-refractivity contribution in [3.63, 3.8) is 0 Å². The molecule has 37 heavy (non-hydrogen) atoms. The molecule has 2 amide bonds. The van der Waals surface area contributed by atoms with E-state index in [9.17, 15) is 14.4 Å². The minimum Gasteiger partial charge on any atom is -0.468 e. The molecule has 0 aliphatic heterocycles. The van der Waals surface area contributed by atoms with Gasteiger partial charge >= 0.3 is 6.09 Å². The molecule has 1 atom stereocenters. The lowest BCUT2D eigenvalue weighted by molar-refractivity contribution is -0.129. The predicted octanol–water partition coefficient (Wildman–Crippen LogP) is 2.66. The van der Waals surface area contributed by atoms with Crippen molar-refractivity contribution in [2.24, 2.45) is 16.5 Å². The number of aliphatic imine (C=N–C) groups is 1. The van der Waals surface area contributed by atoms with Crippen LogP contribution in [-0.4, -0.2) is 79.8 Å². The molecule has 0 aliphatic carbocycles. The van der Waals surface area contributed by atoms with Crippen LogP contribution in [0.25, 0.3) is 0 Å².